The van der Waals surface area contributed by atoms with Crippen LogP contribution in [-0.2, 0) is 24.0 Å². The van der Waals surface area contributed by atoms with Crippen molar-refractivity contribution in [3.05, 3.63) is 35.4 Å². The number of hydrogen-bond donors (Lipinski definition) is 5. The summed E-state index contributed by atoms with van der Waals surface area (Å²) in [4.78, 5) is 51.8. The fourth-order valence-electron chi connectivity index (χ4n) is 3.46. The van der Waals surface area contributed by atoms with Crippen molar-refractivity contribution in [2.75, 3.05) is 6.61 Å². The molecule has 7 N–H and O–H groups in total. The molecule has 0 saturated heterocycles. The molecule has 1 heterocycles. The second kappa shape index (κ2) is 12.7. The number of ether oxygens (including phenoxy) is 1. The molecule has 2 rings (SSSR count). The van der Waals surface area contributed by atoms with Gasteiger partial charge in [0.15, 0.2) is 0 Å². The Morgan fingerprint density at radius 1 is 1.22 bits per heavy atom. The molecule has 13 nitrogen and oxygen atoms in total. The zero-order valence-corrected chi connectivity index (χ0v) is 20.8. The Balaban J connectivity index is 0.00000150. The number of aliphatic carboxylic acids is 2. The molecule has 3 atom stereocenters. The van der Waals surface area contributed by atoms with Crippen LogP contribution in [0.4, 0.5) is 4.79 Å². The lowest BCUT2D eigenvalue weighted by Gasteiger charge is -2.38. The molecule has 13 heteroatoms. The van der Waals surface area contributed by atoms with Gasteiger partial charge in [-0.05, 0) is 12.0 Å². The van der Waals surface area contributed by atoms with Gasteiger partial charge in [0.05, 0.1) is 25.7 Å². The summed E-state index contributed by atoms with van der Waals surface area (Å²) in [6.07, 6.45) is -0.585. The zero-order valence-electron chi connectivity index (χ0n) is 20.8. The summed E-state index contributed by atoms with van der Waals surface area (Å²) in [6.45, 7) is 5.28. The SMILES string of the molecule is CC(=O)O.CCCCOC(=O)[N@+](N)(C(C)=O)[C@@](C)(CC1CC(c2ccc(C(=N)N)cc2)=NO1)C(=O)O. The summed E-state index contributed by atoms with van der Waals surface area (Å²) < 4.78 is 3.57. The van der Waals surface area contributed by atoms with E-state index >= 15 is 0 Å². The van der Waals surface area contributed by atoms with Crippen LogP contribution >= 0.6 is 0 Å². The van der Waals surface area contributed by atoms with Crippen LogP contribution in [0.5, 0.6) is 0 Å². The molecule has 198 valence electrons. The Morgan fingerprint density at radius 3 is 2.22 bits per heavy atom. The standard InChI is InChI=1S/C21H29N5O6.C2H4O2/c1-4-5-10-31-20(30)26(24,13(2)27)21(3,19(28)29)12-16-11-17(25-32-16)14-6-8-15(9-7-14)18(22)23;1-2(3)4/h6-9,16H,4-5,10-12,24H2,1-3H3,(H3-,22,23,28,29);1H3,(H,3,4)/p+1/t16?,21-,26+;/m0./s1. The van der Waals surface area contributed by atoms with Crippen molar-refractivity contribution in [2.24, 2.45) is 16.7 Å². The molecule has 0 aliphatic carbocycles. The summed E-state index contributed by atoms with van der Waals surface area (Å²) in [5, 5.41) is 28.9. The first-order valence-electron chi connectivity index (χ1n) is 11.2. The van der Waals surface area contributed by atoms with Crippen LogP contribution in [0, 0.1) is 5.41 Å². The first kappa shape index (κ1) is 30.2. The minimum absolute atomic E-state index is 0.0267. The summed E-state index contributed by atoms with van der Waals surface area (Å²) >= 11 is 0. The lowest BCUT2D eigenvalue weighted by atomic mass is 9.88. The number of carboxylic acids is 2. The lowest BCUT2D eigenvalue weighted by Crippen LogP contribution is -2.76. The van der Waals surface area contributed by atoms with Gasteiger partial charge in [0.25, 0.3) is 5.97 Å². The molecule has 0 saturated carbocycles. The maximum Gasteiger partial charge on any atom is 0.544 e. The molecule has 0 aromatic heterocycles. The monoisotopic (exact) mass is 508 g/mol. The summed E-state index contributed by atoms with van der Waals surface area (Å²) in [7, 11) is 0. The van der Waals surface area contributed by atoms with E-state index in [9.17, 15) is 19.5 Å². The van der Waals surface area contributed by atoms with Crippen LogP contribution in [0.1, 0.15) is 64.5 Å². The van der Waals surface area contributed by atoms with Gasteiger partial charge in [-0.15, -0.1) is 0 Å². The molecular weight excluding hydrogens is 474 g/mol. The van der Waals surface area contributed by atoms with Crippen molar-refractivity contribution in [3.8, 4) is 0 Å². The predicted molar refractivity (Wildman–Crippen MR) is 129 cm³/mol. The Bertz CT molecular complexity index is 1020. The summed E-state index contributed by atoms with van der Waals surface area (Å²) in [5.74, 6) is 2.92. The maximum absolute atomic E-state index is 12.7. The molecule has 36 heavy (non-hydrogen) atoms. The molecule has 1 aromatic carbocycles. The topological polar surface area (TPSA) is 215 Å². The third-order valence-corrected chi connectivity index (χ3v) is 5.63. The predicted octanol–water partition coefficient (Wildman–Crippen LogP) is 1.96. The summed E-state index contributed by atoms with van der Waals surface area (Å²) in [6, 6.07) is 6.78. The first-order chi connectivity index (χ1) is 16.7. The normalized spacial score (nSPS) is 17.7. The van der Waals surface area contributed by atoms with Gasteiger partial charge in [0, 0.05) is 25.8 Å². The Kier molecular flexibility index (Phi) is 10.7. The molecule has 1 aliphatic rings. The third kappa shape index (κ3) is 7.09. The molecule has 1 aliphatic heterocycles. The van der Waals surface area contributed by atoms with Crippen LogP contribution in [-0.4, -0.2) is 68.5 Å². The van der Waals surface area contributed by atoms with Crippen molar-refractivity contribution in [1.82, 2.24) is 0 Å². The van der Waals surface area contributed by atoms with Gasteiger partial charge >= 0.3 is 18.0 Å². The second-order valence-corrected chi connectivity index (χ2v) is 8.47. The van der Waals surface area contributed by atoms with Crippen molar-refractivity contribution < 1.29 is 43.6 Å². The van der Waals surface area contributed by atoms with Gasteiger partial charge in [-0.2, -0.15) is 10.6 Å². The molecule has 1 unspecified atom stereocenters. The van der Waals surface area contributed by atoms with Gasteiger partial charge < -0.3 is 25.5 Å². The minimum Gasteiger partial charge on any atom is -0.481 e. The van der Waals surface area contributed by atoms with E-state index in [0.717, 1.165) is 20.3 Å². The Labute approximate surface area is 208 Å². The number of nitrogens with zero attached hydrogens (tertiary/aromatic N) is 2. The Morgan fingerprint density at radius 2 is 1.78 bits per heavy atom. The highest BCUT2D eigenvalue weighted by atomic mass is 16.6. The van der Waals surface area contributed by atoms with Crippen molar-refractivity contribution in [3.63, 3.8) is 0 Å². The molecule has 2 amide bonds. The average molecular weight is 509 g/mol. The molecule has 0 bridgehead atoms. The number of nitrogen functional groups attached to an aromatic ring is 1. The number of hydrogen-bond acceptors (Lipinski definition) is 9. The fourth-order valence-corrected chi connectivity index (χ4v) is 3.46. The van der Waals surface area contributed by atoms with Crippen molar-refractivity contribution in [2.45, 2.75) is 65.0 Å². The number of nitrogens with two attached hydrogens (primary N) is 2. The largest absolute Gasteiger partial charge is 0.544 e. The van der Waals surface area contributed by atoms with E-state index in [-0.39, 0.29) is 25.3 Å². The quantitative estimate of drug-likeness (QED) is 0.0621. The van der Waals surface area contributed by atoms with E-state index < -0.39 is 40.2 Å². The fraction of sp³-hybridized carbons (Fsp3) is 0.478. The van der Waals surface area contributed by atoms with Gasteiger partial charge in [-0.1, -0.05) is 47.4 Å². The maximum atomic E-state index is 12.7. The molecule has 1 aromatic rings. The number of carbonyl (C=O) groups is 4. The van der Waals surface area contributed by atoms with Gasteiger partial charge in [-0.25, -0.2) is 9.59 Å². The lowest BCUT2D eigenvalue weighted by molar-refractivity contribution is -0.838. The van der Waals surface area contributed by atoms with E-state index in [2.05, 4.69) is 5.16 Å². The van der Waals surface area contributed by atoms with Crippen LogP contribution in [0.25, 0.3) is 0 Å². The average Bonchev–Trinajstić information content (AvgIpc) is 3.26. The first-order valence-corrected chi connectivity index (χ1v) is 11.2. The number of oxime groups is 1. The van der Waals surface area contributed by atoms with Crippen molar-refractivity contribution in [1.29, 1.82) is 5.41 Å². The molecule has 0 spiro atoms. The number of carbonyl (C=O) groups excluding carboxylic acids is 2. The number of nitrogens with one attached hydrogen (secondary N) is 1. The highest BCUT2D eigenvalue weighted by Crippen LogP contribution is 2.33. The van der Waals surface area contributed by atoms with E-state index in [1.165, 1.54) is 6.92 Å². The van der Waals surface area contributed by atoms with Crippen LogP contribution in [0.2, 0.25) is 0 Å². The van der Waals surface area contributed by atoms with Crippen LogP contribution < -0.4 is 11.6 Å². The highest BCUT2D eigenvalue weighted by Gasteiger charge is 2.63. The minimum atomic E-state index is -2.05. The third-order valence-electron chi connectivity index (χ3n) is 5.63. The number of benzene rings is 1. The van der Waals surface area contributed by atoms with Gasteiger partial charge in [0.1, 0.15) is 11.9 Å². The van der Waals surface area contributed by atoms with Crippen LogP contribution in [0.15, 0.2) is 29.4 Å². The van der Waals surface area contributed by atoms with Gasteiger partial charge in [-0.3, -0.25) is 10.2 Å². The number of rotatable bonds is 9. The number of amidine groups is 1. The van der Waals surface area contributed by atoms with Gasteiger partial charge in [0.2, 0.25) is 5.54 Å². The van der Waals surface area contributed by atoms with E-state index in [1.807, 2.05) is 6.92 Å². The van der Waals surface area contributed by atoms with E-state index in [0.29, 0.717) is 23.3 Å². The number of carboxylic acid groups (broad SMARTS) is 2. The molecular formula is C23H34N5O8+. The number of quaternary nitrogens is 1. The number of amides is 2. The smallest absolute Gasteiger partial charge is 0.481 e. The summed E-state index contributed by atoms with van der Waals surface area (Å²) in [5.41, 5.74) is 5.23. The van der Waals surface area contributed by atoms with Crippen molar-refractivity contribution >= 4 is 35.5 Å². The van der Waals surface area contributed by atoms with E-state index in [1.54, 1.807) is 24.3 Å². The zero-order chi connectivity index (χ0) is 27.7. The van der Waals surface area contributed by atoms with E-state index in [4.69, 9.17) is 36.5 Å². The molecule has 0 fully saturated rings. The highest BCUT2D eigenvalue weighted by molar-refractivity contribution is 6.02. The Hall–Kier alpha value is -3.84. The van der Waals surface area contributed by atoms with Crippen LogP contribution in [0.3, 0.4) is 0 Å². The second-order valence-electron chi connectivity index (χ2n) is 8.47. The number of unbranched alkanes of at least 4 members (excludes halogenated alkanes) is 1. The number of imide groups is 1. The molecule has 0 radical (unpaired) electrons.